The van der Waals surface area contributed by atoms with Crippen LogP contribution in [0.2, 0.25) is 0 Å². The van der Waals surface area contributed by atoms with Crippen molar-refractivity contribution in [1.29, 1.82) is 0 Å². The van der Waals surface area contributed by atoms with Gasteiger partial charge in [0.05, 0.1) is 26.3 Å². The van der Waals surface area contributed by atoms with Gasteiger partial charge in [-0.05, 0) is 35.9 Å². The Labute approximate surface area is 220 Å². The normalized spacial score (nSPS) is 14.1. The van der Waals surface area contributed by atoms with Crippen LogP contribution < -0.4 is 14.4 Å². The van der Waals surface area contributed by atoms with Gasteiger partial charge in [0.15, 0.2) is 5.82 Å². The highest BCUT2D eigenvalue weighted by Gasteiger charge is 2.21. The third kappa shape index (κ3) is 4.88. The van der Waals surface area contributed by atoms with Crippen LogP contribution in [0.1, 0.15) is 5.82 Å². The monoisotopic (exact) mass is 508 g/mol. The molecular formula is C29H28N6O3. The molecule has 0 unspecified atom stereocenters. The standard InChI is InChI=1S/C29H28N6O3/c1-36-23-14-22(15-24(17-23)37-2)29-32-28(33-38-29)19-34-10-12-35(13-11-34)27-7-9-31-26-16-20(5-6-25(26)27)21-4-3-8-30-18-21/h3-9,14-18H,10-13,19H2,1-2H3. The van der Waals surface area contributed by atoms with E-state index in [1.165, 1.54) is 5.69 Å². The molecule has 1 aliphatic heterocycles. The topological polar surface area (TPSA) is 89.6 Å². The second-order valence-electron chi connectivity index (χ2n) is 9.18. The fraction of sp³-hybridized carbons (Fsp3) is 0.241. The number of fused-ring (bicyclic) bond motifs is 1. The minimum atomic E-state index is 0.449. The van der Waals surface area contributed by atoms with Crippen LogP contribution in [-0.4, -0.2) is 65.4 Å². The lowest BCUT2D eigenvalue weighted by Gasteiger charge is -2.36. The molecule has 1 aliphatic rings. The number of aromatic nitrogens is 4. The van der Waals surface area contributed by atoms with Crippen LogP contribution in [0.3, 0.4) is 0 Å². The zero-order chi connectivity index (χ0) is 25.9. The largest absolute Gasteiger partial charge is 0.497 e. The number of nitrogens with zero attached hydrogens (tertiary/aromatic N) is 6. The predicted octanol–water partition coefficient (Wildman–Crippen LogP) is 4.69. The Morgan fingerprint density at radius 2 is 1.66 bits per heavy atom. The zero-order valence-electron chi connectivity index (χ0n) is 21.4. The van der Waals surface area contributed by atoms with Crippen molar-refractivity contribution >= 4 is 16.6 Å². The number of hydrogen-bond donors (Lipinski definition) is 0. The maximum atomic E-state index is 5.55. The number of pyridine rings is 2. The van der Waals surface area contributed by atoms with Gasteiger partial charge in [-0.3, -0.25) is 14.9 Å². The van der Waals surface area contributed by atoms with E-state index in [1.54, 1.807) is 20.4 Å². The van der Waals surface area contributed by atoms with Crippen LogP contribution in [-0.2, 0) is 6.54 Å². The zero-order valence-corrected chi connectivity index (χ0v) is 21.4. The van der Waals surface area contributed by atoms with E-state index < -0.39 is 0 Å². The lowest BCUT2D eigenvalue weighted by atomic mass is 10.0. The summed E-state index contributed by atoms with van der Waals surface area (Å²) in [5.74, 6) is 2.46. The molecule has 9 nitrogen and oxygen atoms in total. The SMILES string of the molecule is COc1cc(OC)cc(-c2nc(CN3CCN(c4ccnc5cc(-c6cccnc6)ccc45)CC3)no2)c1. The number of piperazine rings is 1. The molecule has 0 radical (unpaired) electrons. The van der Waals surface area contributed by atoms with E-state index in [-0.39, 0.29) is 0 Å². The van der Waals surface area contributed by atoms with Gasteiger partial charge in [0.1, 0.15) is 11.5 Å². The molecule has 3 aromatic heterocycles. The number of benzene rings is 2. The van der Waals surface area contributed by atoms with Gasteiger partial charge in [0.2, 0.25) is 0 Å². The number of hydrogen-bond acceptors (Lipinski definition) is 9. The molecule has 0 atom stereocenters. The van der Waals surface area contributed by atoms with Crippen LogP contribution in [0.5, 0.6) is 11.5 Å². The fourth-order valence-corrected chi connectivity index (χ4v) is 4.84. The molecule has 5 aromatic rings. The van der Waals surface area contributed by atoms with Gasteiger partial charge < -0.3 is 18.9 Å². The van der Waals surface area contributed by atoms with Crippen molar-refractivity contribution in [2.45, 2.75) is 6.54 Å². The molecule has 1 fully saturated rings. The maximum Gasteiger partial charge on any atom is 0.258 e. The van der Waals surface area contributed by atoms with Crippen molar-refractivity contribution in [3.63, 3.8) is 0 Å². The molecule has 1 saturated heterocycles. The van der Waals surface area contributed by atoms with E-state index >= 15 is 0 Å². The van der Waals surface area contributed by atoms with Gasteiger partial charge in [0.25, 0.3) is 5.89 Å². The summed E-state index contributed by atoms with van der Waals surface area (Å²) in [6.07, 6.45) is 5.56. The first-order valence-electron chi connectivity index (χ1n) is 12.5. The number of ether oxygens (including phenoxy) is 2. The smallest absolute Gasteiger partial charge is 0.258 e. The van der Waals surface area contributed by atoms with Crippen LogP contribution in [0.15, 0.2) is 77.7 Å². The van der Waals surface area contributed by atoms with E-state index in [9.17, 15) is 0 Å². The van der Waals surface area contributed by atoms with Crippen LogP contribution in [0, 0.1) is 0 Å². The third-order valence-corrected chi connectivity index (χ3v) is 6.86. The molecule has 9 heteroatoms. The fourth-order valence-electron chi connectivity index (χ4n) is 4.84. The number of anilines is 1. The highest BCUT2D eigenvalue weighted by atomic mass is 16.5. The summed E-state index contributed by atoms with van der Waals surface area (Å²) in [7, 11) is 3.23. The Kier molecular flexibility index (Phi) is 6.58. The summed E-state index contributed by atoms with van der Waals surface area (Å²) in [6, 6.07) is 18.1. The summed E-state index contributed by atoms with van der Waals surface area (Å²) in [5, 5.41) is 5.37. The molecule has 6 rings (SSSR count). The van der Waals surface area contributed by atoms with Gasteiger partial charge in [-0.25, -0.2) is 0 Å². The Morgan fingerprint density at radius 1 is 0.842 bits per heavy atom. The highest BCUT2D eigenvalue weighted by Crippen LogP contribution is 2.31. The quantitative estimate of drug-likeness (QED) is 0.311. The first-order chi connectivity index (χ1) is 18.7. The molecule has 0 aliphatic carbocycles. The highest BCUT2D eigenvalue weighted by molar-refractivity contribution is 5.94. The Hall–Kier alpha value is -4.50. The summed E-state index contributed by atoms with van der Waals surface area (Å²) < 4.78 is 16.3. The molecule has 0 amide bonds. The maximum absolute atomic E-state index is 5.55. The lowest BCUT2D eigenvalue weighted by molar-refractivity contribution is 0.240. The van der Waals surface area contributed by atoms with Crippen molar-refractivity contribution in [2.75, 3.05) is 45.3 Å². The molecule has 38 heavy (non-hydrogen) atoms. The van der Waals surface area contributed by atoms with Crippen molar-refractivity contribution in [1.82, 2.24) is 25.0 Å². The van der Waals surface area contributed by atoms with Crippen molar-refractivity contribution in [2.24, 2.45) is 0 Å². The second kappa shape index (κ2) is 10.5. The van der Waals surface area contributed by atoms with Gasteiger partial charge >= 0.3 is 0 Å². The van der Waals surface area contributed by atoms with Crippen molar-refractivity contribution < 1.29 is 14.0 Å². The van der Waals surface area contributed by atoms with Gasteiger partial charge in [-0.1, -0.05) is 23.4 Å². The Morgan fingerprint density at radius 3 is 2.39 bits per heavy atom. The van der Waals surface area contributed by atoms with Gasteiger partial charge in [0, 0.05) is 73.0 Å². The Bertz CT molecular complexity index is 1520. The summed E-state index contributed by atoms with van der Waals surface area (Å²) in [4.78, 5) is 18.3. The van der Waals surface area contributed by atoms with E-state index in [4.69, 9.17) is 14.0 Å². The molecule has 2 aromatic carbocycles. The van der Waals surface area contributed by atoms with Crippen LogP contribution in [0.25, 0.3) is 33.5 Å². The second-order valence-corrected chi connectivity index (χ2v) is 9.18. The van der Waals surface area contributed by atoms with E-state index in [2.05, 4.69) is 60.2 Å². The summed E-state index contributed by atoms with van der Waals surface area (Å²) >= 11 is 0. The van der Waals surface area contributed by atoms with E-state index in [1.807, 2.05) is 36.7 Å². The van der Waals surface area contributed by atoms with Crippen LogP contribution in [0.4, 0.5) is 5.69 Å². The molecule has 0 bridgehead atoms. The van der Waals surface area contributed by atoms with Crippen molar-refractivity contribution in [3.05, 3.63) is 79.0 Å². The minimum absolute atomic E-state index is 0.449. The van der Waals surface area contributed by atoms with E-state index in [0.29, 0.717) is 29.8 Å². The Balaban J connectivity index is 1.13. The van der Waals surface area contributed by atoms with Gasteiger partial charge in [-0.15, -0.1) is 0 Å². The first kappa shape index (κ1) is 23.9. The average molecular weight is 509 g/mol. The molecule has 4 heterocycles. The molecule has 0 N–H and O–H groups in total. The van der Waals surface area contributed by atoms with Gasteiger partial charge in [-0.2, -0.15) is 4.98 Å². The summed E-state index contributed by atoms with van der Waals surface area (Å²) in [5.41, 5.74) is 5.17. The average Bonchev–Trinajstić information content (AvgIpc) is 3.45. The van der Waals surface area contributed by atoms with E-state index in [0.717, 1.165) is 53.8 Å². The molecule has 0 saturated carbocycles. The van der Waals surface area contributed by atoms with Crippen LogP contribution >= 0.6 is 0 Å². The minimum Gasteiger partial charge on any atom is -0.497 e. The molecule has 192 valence electrons. The number of rotatable bonds is 7. The molecular weight excluding hydrogens is 480 g/mol. The molecule has 0 spiro atoms. The summed E-state index contributed by atoms with van der Waals surface area (Å²) in [6.45, 7) is 4.23. The number of methoxy groups -OCH3 is 2. The van der Waals surface area contributed by atoms with Crippen molar-refractivity contribution in [3.8, 4) is 34.1 Å². The first-order valence-corrected chi connectivity index (χ1v) is 12.5. The third-order valence-electron chi connectivity index (χ3n) is 6.86. The predicted molar refractivity (Wildman–Crippen MR) is 145 cm³/mol. The lowest BCUT2D eigenvalue weighted by Crippen LogP contribution is -2.46.